The topological polar surface area (TPSA) is 73.8 Å². The fourth-order valence-electron chi connectivity index (χ4n) is 2.59. The van der Waals surface area contributed by atoms with Crippen LogP contribution in [0.15, 0.2) is 12.1 Å². The highest BCUT2D eigenvalue weighted by Gasteiger charge is 2.24. The minimum Gasteiger partial charge on any atom is -0.309 e. The van der Waals surface area contributed by atoms with Crippen LogP contribution in [0.1, 0.15) is 17.5 Å². The van der Waals surface area contributed by atoms with E-state index in [9.17, 15) is 13.2 Å². The molecule has 0 saturated heterocycles. The Labute approximate surface area is 177 Å². The molecule has 0 atom stereocenters. The Morgan fingerprint density at radius 2 is 1.79 bits per heavy atom. The Hall–Kier alpha value is -1.26. The third kappa shape index (κ3) is 6.12. The quantitative estimate of drug-likeness (QED) is 0.620. The molecule has 158 valence electrons. The molecule has 0 aliphatic heterocycles. The number of benzene rings is 1. The number of fused-ring (bicyclic) bond motifs is 1. The summed E-state index contributed by atoms with van der Waals surface area (Å²) in [6.07, 6.45) is 1.87. The number of carbonyl (C=O) groups is 1. The molecule has 1 aromatic heterocycles. The van der Waals surface area contributed by atoms with Gasteiger partial charge < -0.3 is 4.90 Å². The number of hydrogen-bond donors (Lipinski definition) is 0. The number of aromatic nitrogens is 1. The van der Waals surface area contributed by atoms with E-state index in [-0.39, 0.29) is 24.9 Å². The number of halogens is 1. The second kappa shape index (κ2) is 9.98. The van der Waals surface area contributed by atoms with Crippen LogP contribution in [-0.2, 0) is 14.8 Å². The first kappa shape index (κ1) is 24.8. The average molecular weight is 449 g/mol. The van der Waals surface area contributed by atoms with Gasteiger partial charge in [0.15, 0.2) is 5.13 Å². The maximum Gasteiger partial charge on any atom is 0.244 e. The molecule has 0 fully saturated rings. The second-order valence-corrected chi connectivity index (χ2v) is 10.2. The van der Waals surface area contributed by atoms with Gasteiger partial charge in [-0.1, -0.05) is 17.4 Å². The van der Waals surface area contributed by atoms with Gasteiger partial charge in [0.25, 0.3) is 0 Å². The summed E-state index contributed by atoms with van der Waals surface area (Å²) >= 11 is 1.46. The lowest BCUT2D eigenvalue weighted by atomic mass is 10.1. The number of carbonyl (C=O) groups excluding carboxylic acids is 1. The first-order valence-electron chi connectivity index (χ1n) is 8.74. The molecule has 0 N–H and O–H groups in total. The highest BCUT2D eigenvalue weighted by atomic mass is 35.5. The van der Waals surface area contributed by atoms with Crippen molar-refractivity contribution in [1.29, 1.82) is 0 Å². The zero-order valence-corrected chi connectivity index (χ0v) is 19.7. The first-order chi connectivity index (χ1) is 12.5. The van der Waals surface area contributed by atoms with Crippen molar-refractivity contribution < 1.29 is 13.2 Å². The van der Waals surface area contributed by atoms with Crippen molar-refractivity contribution in [3.8, 4) is 0 Å². The van der Waals surface area contributed by atoms with E-state index in [1.54, 1.807) is 4.90 Å². The molecule has 0 spiro atoms. The summed E-state index contributed by atoms with van der Waals surface area (Å²) in [6, 6.07) is 4.07. The number of thiazole rings is 1. The van der Waals surface area contributed by atoms with Crippen LogP contribution in [0.4, 0.5) is 5.13 Å². The SMILES string of the molecule is Cc1ccc2sc(N(CCCN(C)C)C(=O)CN(C)S(C)(=O)=O)nc2c1C.Cl. The number of hydrogen-bond acceptors (Lipinski definition) is 6. The van der Waals surface area contributed by atoms with Gasteiger partial charge in [-0.25, -0.2) is 13.4 Å². The molecule has 0 aliphatic carbocycles. The largest absolute Gasteiger partial charge is 0.309 e. The van der Waals surface area contributed by atoms with Gasteiger partial charge in [-0.05, 0) is 58.1 Å². The van der Waals surface area contributed by atoms with Crippen molar-refractivity contribution in [3.05, 3.63) is 23.3 Å². The predicted molar refractivity (Wildman–Crippen MR) is 119 cm³/mol. The highest BCUT2D eigenvalue weighted by Crippen LogP contribution is 2.32. The summed E-state index contributed by atoms with van der Waals surface area (Å²) in [7, 11) is 1.95. The molecule has 2 rings (SSSR count). The Kier molecular flexibility index (Phi) is 8.83. The lowest BCUT2D eigenvalue weighted by Gasteiger charge is -2.23. The fraction of sp³-hybridized carbons (Fsp3) is 0.556. The molecule has 2 aromatic rings. The summed E-state index contributed by atoms with van der Waals surface area (Å²) in [5.41, 5.74) is 3.16. The minimum absolute atomic E-state index is 0. The van der Waals surface area contributed by atoms with Crippen molar-refractivity contribution >= 4 is 55.0 Å². The summed E-state index contributed by atoms with van der Waals surface area (Å²) in [5.74, 6) is -0.268. The van der Waals surface area contributed by atoms with E-state index in [1.165, 1.54) is 18.4 Å². The van der Waals surface area contributed by atoms with Crippen molar-refractivity contribution in [2.45, 2.75) is 20.3 Å². The lowest BCUT2D eigenvalue weighted by Crippen LogP contribution is -2.42. The summed E-state index contributed by atoms with van der Waals surface area (Å²) in [5, 5.41) is 0.615. The monoisotopic (exact) mass is 448 g/mol. The van der Waals surface area contributed by atoms with E-state index in [0.29, 0.717) is 11.7 Å². The van der Waals surface area contributed by atoms with Crippen molar-refractivity contribution in [2.75, 3.05) is 51.9 Å². The van der Waals surface area contributed by atoms with Crippen LogP contribution in [0.5, 0.6) is 0 Å². The number of rotatable bonds is 8. The lowest BCUT2D eigenvalue weighted by molar-refractivity contribution is -0.118. The van der Waals surface area contributed by atoms with Crippen LogP contribution in [0.25, 0.3) is 10.2 Å². The van der Waals surface area contributed by atoms with Gasteiger partial charge in [0, 0.05) is 13.6 Å². The molecule has 0 saturated carbocycles. The molecule has 10 heteroatoms. The molecule has 0 unspecified atom stereocenters. The predicted octanol–water partition coefficient (Wildman–Crippen LogP) is 2.51. The van der Waals surface area contributed by atoms with Crippen molar-refractivity contribution in [2.24, 2.45) is 0 Å². The molecule has 1 heterocycles. The summed E-state index contributed by atoms with van der Waals surface area (Å²) < 4.78 is 25.5. The Morgan fingerprint density at radius 1 is 1.14 bits per heavy atom. The Bertz CT molecular complexity index is 928. The van der Waals surface area contributed by atoms with Crippen LogP contribution in [0.2, 0.25) is 0 Å². The average Bonchev–Trinajstić information content (AvgIpc) is 2.98. The fourth-order valence-corrected chi connectivity index (χ4v) is 4.01. The van der Waals surface area contributed by atoms with Gasteiger partial charge in [-0.15, -0.1) is 12.4 Å². The van der Waals surface area contributed by atoms with Gasteiger partial charge in [-0.2, -0.15) is 4.31 Å². The van der Waals surface area contributed by atoms with Crippen LogP contribution >= 0.6 is 23.7 Å². The minimum atomic E-state index is -3.42. The molecule has 1 aromatic carbocycles. The maximum absolute atomic E-state index is 12.9. The molecule has 7 nitrogen and oxygen atoms in total. The Balaban J connectivity index is 0.00000392. The van der Waals surface area contributed by atoms with E-state index in [1.807, 2.05) is 34.0 Å². The smallest absolute Gasteiger partial charge is 0.244 e. The molecular weight excluding hydrogens is 420 g/mol. The maximum atomic E-state index is 12.9. The number of amides is 1. The number of sulfonamides is 1. The van der Waals surface area contributed by atoms with Gasteiger partial charge in [-0.3, -0.25) is 9.69 Å². The van der Waals surface area contributed by atoms with E-state index in [2.05, 4.69) is 11.0 Å². The van der Waals surface area contributed by atoms with Crippen LogP contribution in [-0.4, -0.2) is 75.5 Å². The number of aryl methyl sites for hydroxylation is 2. The molecule has 0 radical (unpaired) electrons. The third-order valence-electron chi connectivity index (χ3n) is 4.52. The molecular formula is C18H29ClN4O3S2. The van der Waals surface area contributed by atoms with E-state index in [0.717, 1.165) is 44.9 Å². The second-order valence-electron chi connectivity index (χ2n) is 7.07. The molecule has 1 amide bonds. The summed E-state index contributed by atoms with van der Waals surface area (Å²) in [4.78, 5) is 21.3. The van der Waals surface area contributed by atoms with Crippen LogP contribution in [0.3, 0.4) is 0 Å². The van der Waals surface area contributed by atoms with Gasteiger partial charge in [0.05, 0.1) is 23.0 Å². The van der Waals surface area contributed by atoms with Gasteiger partial charge >= 0.3 is 0 Å². The van der Waals surface area contributed by atoms with Crippen LogP contribution < -0.4 is 4.90 Å². The van der Waals surface area contributed by atoms with E-state index < -0.39 is 10.0 Å². The third-order valence-corrected chi connectivity index (χ3v) is 6.82. The van der Waals surface area contributed by atoms with Crippen LogP contribution in [0, 0.1) is 13.8 Å². The van der Waals surface area contributed by atoms with E-state index in [4.69, 9.17) is 4.98 Å². The van der Waals surface area contributed by atoms with Gasteiger partial charge in [0.1, 0.15) is 0 Å². The molecule has 0 bridgehead atoms. The standard InChI is InChI=1S/C18H28N4O3S2.ClH/c1-13-8-9-15-17(14(13)2)19-18(26-15)22(11-7-10-20(3)4)16(23)12-21(5)27(6,24)25;/h8-9H,7,10-12H2,1-6H3;1H. The molecule has 0 aliphatic rings. The van der Waals surface area contributed by atoms with Crippen molar-refractivity contribution in [3.63, 3.8) is 0 Å². The Morgan fingerprint density at radius 3 is 2.36 bits per heavy atom. The zero-order valence-electron chi connectivity index (χ0n) is 17.2. The van der Waals surface area contributed by atoms with E-state index >= 15 is 0 Å². The van der Waals surface area contributed by atoms with Crippen molar-refractivity contribution in [1.82, 2.24) is 14.2 Å². The first-order valence-corrected chi connectivity index (χ1v) is 11.4. The highest BCUT2D eigenvalue weighted by molar-refractivity contribution is 7.88. The number of anilines is 1. The zero-order chi connectivity index (χ0) is 20.4. The van der Waals surface area contributed by atoms with Gasteiger partial charge in [0.2, 0.25) is 15.9 Å². The number of likely N-dealkylation sites (N-methyl/N-ethyl adjacent to an activating group) is 1. The normalized spacial score (nSPS) is 11.9. The number of nitrogens with zero attached hydrogens (tertiary/aromatic N) is 4. The summed E-state index contributed by atoms with van der Waals surface area (Å²) in [6.45, 7) is 5.18. The molecule has 28 heavy (non-hydrogen) atoms.